The van der Waals surface area contributed by atoms with E-state index < -0.39 is 0 Å². The molecule has 1 rings (SSSR count). The second-order valence-corrected chi connectivity index (χ2v) is 7.12. The Morgan fingerprint density at radius 2 is 1.83 bits per heavy atom. The maximum atomic E-state index is 4.46. The molecule has 0 aliphatic heterocycles. The molecule has 0 heterocycles. The zero-order chi connectivity index (χ0) is 18.2. The van der Waals surface area contributed by atoms with Crippen molar-refractivity contribution in [3.8, 4) is 0 Å². The fourth-order valence-corrected chi connectivity index (χ4v) is 2.30. The number of hydrogen-bond donors (Lipinski definition) is 1. The minimum absolute atomic E-state index is 0.190. The smallest absolute Gasteiger partial charge is 0.0558 e. The predicted molar refractivity (Wildman–Crippen MR) is 107 cm³/mol. The SMILES string of the molecule is C=C(N/N=C(\C)Cc1ccc(C(C)(C)C)cc1)C(/C=C\CC)=C/C. The predicted octanol–water partition coefficient (Wildman–Crippen LogP) is 5.92. The largest absolute Gasteiger partial charge is 0.279 e. The lowest BCUT2D eigenvalue weighted by molar-refractivity contribution is 0.590. The van der Waals surface area contributed by atoms with Crippen molar-refractivity contribution < 1.29 is 0 Å². The lowest BCUT2D eigenvalue weighted by atomic mass is 9.86. The molecular formula is C22H32N2. The van der Waals surface area contributed by atoms with Gasteiger partial charge in [-0.3, -0.25) is 5.43 Å². The molecule has 0 fully saturated rings. The molecular weight excluding hydrogens is 292 g/mol. The van der Waals surface area contributed by atoms with Crippen LogP contribution < -0.4 is 5.43 Å². The molecule has 0 bridgehead atoms. The Bertz CT molecular complexity index is 623. The summed E-state index contributed by atoms with van der Waals surface area (Å²) in [6.45, 7) is 16.9. The highest BCUT2D eigenvalue weighted by Gasteiger charge is 2.12. The second kappa shape index (κ2) is 9.27. The van der Waals surface area contributed by atoms with Crippen LogP contribution in [0.2, 0.25) is 0 Å². The molecule has 1 aromatic rings. The molecule has 0 amide bonds. The van der Waals surface area contributed by atoms with Crippen molar-refractivity contribution in [2.24, 2.45) is 5.10 Å². The van der Waals surface area contributed by atoms with Crippen LogP contribution in [0.15, 0.2) is 65.4 Å². The summed E-state index contributed by atoms with van der Waals surface area (Å²) in [4.78, 5) is 0. The van der Waals surface area contributed by atoms with Crippen LogP contribution in [-0.2, 0) is 11.8 Å². The number of nitrogens with one attached hydrogen (secondary N) is 1. The van der Waals surface area contributed by atoms with Crippen LogP contribution in [0.25, 0.3) is 0 Å². The molecule has 0 unspecified atom stereocenters. The molecule has 1 aromatic carbocycles. The number of rotatable bonds is 7. The van der Waals surface area contributed by atoms with Crippen LogP contribution in [0.1, 0.15) is 59.1 Å². The van der Waals surface area contributed by atoms with Crippen LogP contribution in [0, 0.1) is 0 Å². The van der Waals surface area contributed by atoms with Gasteiger partial charge in [-0.2, -0.15) is 5.10 Å². The van der Waals surface area contributed by atoms with E-state index in [0.717, 1.165) is 29.8 Å². The highest BCUT2D eigenvalue weighted by Crippen LogP contribution is 2.22. The Kier molecular flexibility index (Phi) is 7.70. The summed E-state index contributed by atoms with van der Waals surface area (Å²) in [7, 11) is 0. The minimum Gasteiger partial charge on any atom is -0.279 e. The average Bonchev–Trinajstić information content (AvgIpc) is 2.53. The van der Waals surface area contributed by atoms with Gasteiger partial charge >= 0.3 is 0 Å². The molecule has 130 valence electrons. The molecule has 1 N–H and O–H groups in total. The van der Waals surface area contributed by atoms with E-state index in [1.807, 2.05) is 19.9 Å². The maximum Gasteiger partial charge on any atom is 0.0558 e. The van der Waals surface area contributed by atoms with Crippen LogP contribution >= 0.6 is 0 Å². The monoisotopic (exact) mass is 324 g/mol. The Labute approximate surface area is 148 Å². The number of allylic oxidation sites excluding steroid dienone is 3. The van der Waals surface area contributed by atoms with Crippen molar-refractivity contribution >= 4 is 5.71 Å². The quantitative estimate of drug-likeness (QED) is 0.376. The van der Waals surface area contributed by atoms with Gasteiger partial charge in [-0.05, 0) is 42.4 Å². The standard InChI is InChI=1S/C22H32N2/c1-8-10-11-20(9-2)18(4)24-23-17(3)16-19-12-14-21(15-13-19)22(5,6)7/h9-15,24H,4,8,16H2,1-3,5-7H3/b11-10-,20-9+,23-17+. The molecule has 0 aliphatic rings. The Balaban J connectivity index is 2.67. The van der Waals surface area contributed by atoms with Gasteiger partial charge in [0.2, 0.25) is 0 Å². The van der Waals surface area contributed by atoms with Gasteiger partial charge in [-0.1, -0.05) is 76.8 Å². The molecule has 0 aliphatic carbocycles. The molecule has 0 spiro atoms. The number of hydrazone groups is 1. The normalized spacial score (nSPS) is 13.4. The van der Waals surface area contributed by atoms with Crippen molar-refractivity contribution in [2.45, 2.75) is 59.8 Å². The van der Waals surface area contributed by atoms with E-state index in [2.05, 4.69) is 81.2 Å². The summed E-state index contributed by atoms with van der Waals surface area (Å²) in [5.41, 5.74) is 8.82. The lowest BCUT2D eigenvalue weighted by Crippen LogP contribution is -2.12. The van der Waals surface area contributed by atoms with Crippen molar-refractivity contribution in [3.63, 3.8) is 0 Å². The first-order valence-electron chi connectivity index (χ1n) is 8.68. The molecule has 0 saturated carbocycles. The minimum atomic E-state index is 0.190. The summed E-state index contributed by atoms with van der Waals surface area (Å²) in [5.74, 6) is 0. The van der Waals surface area contributed by atoms with Gasteiger partial charge in [0.05, 0.1) is 5.70 Å². The summed E-state index contributed by atoms with van der Waals surface area (Å²) in [6, 6.07) is 8.80. The van der Waals surface area contributed by atoms with E-state index in [9.17, 15) is 0 Å². The van der Waals surface area contributed by atoms with E-state index >= 15 is 0 Å². The van der Waals surface area contributed by atoms with E-state index in [1.165, 1.54) is 11.1 Å². The van der Waals surface area contributed by atoms with Crippen LogP contribution in [-0.4, -0.2) is 5.71 Å². The first-order valence-corrected chi connectivity index (χ1v) is 8.68. The maximum absolute atomic E-state index is 4.46. The first-order chi connectivity index (χ1) is 11.3. The van der Waals surface area contributed by atoms with Gasteiger partial charge in [0.25, 0.3) is 0 Å². The average molecular weight is 325 g/mol. The third-order valence-corrected chi connectivity index (χ3v) is 3.85. The van der Waals surface area contributed by atoms with Gasteiger partial charge in [0.1, 0.15) is 0 Å². The summed E-state index contributed by atoms with van der Waals surface area (Å²) < 4.78 is 0. The van der Waals surface area contributed by atoms with E-state index in [-0.39, 0.29) is 5.41 Å². The summed E-state index contributed by atoms with van der Waals surface area (Å²) in [5, 5.41) is 4.46. The van der Waals surface area contributed by atoms with Crippen molar-refractivity contribution in [1.29, 1.82) is 0 Å². The molecule has 0 radical (unpaired) electrons. The van der Waals surface area contributed by atoms with E-state index in [0.29, 0.717) is 0 Å². The number of benzene rings is 1. The van der Waals surface area contributed by atoms with Gasteiger partial charge in [0.15, 0.2) is 0 Å². The number of hydrogen-bond acceptors (Lipinski definition) is 2. The van der Waals surface area contributed by atoms with Crippen LogP contribution in [0.4, 0.5) is 0 Å². The Morgan fingerprint density at radius 1 is 1.21 bits per heavy atom. The third-order valence-electron chi connectivity index (χ3n) is 3.85. The molecule has 2 heteroatoms. The Hall–Kier alpha value is -2.09. The van der Waals surface area contributed by atoms with Gasteiger partial charge < -0.3 is 0 Å². The topological polar surface area (TPSA) is 24.4 Å². The zero-order valence-corrected chi connectivity index (χ0v) is 16.1. The fraction of sp³-hybridized carbons (Fsp3) is 0.409. The summed E-state index contributed by atoms with van der Waals surface area (Å²) >= 11 is 0. The lowest BCUT2D eigenvalue weighted by Gasteiger charge is -2.19. The molecule has 0 saturated heterocycles. The highest BCUT2D eigenvalue weighted by atomic mass is 15.3. The molecule has 2 nitrogen and oxygen atoms in total. The zero-order valence-electron chi connectivity index (χ0n) is 16.1. The van der Waals surface area contributed by atoms with E-state index in [4.69, 9.17) is 0 Å². The molecule has 0 atom stereocenters. The van der Waals surface area contributed by atoms with Gasteiger partial charge in [-0.15, -0.1) is 0 Å². The number of nitrogens with zero attached hydrogens (tertiary/aromatic N) is 1. The van der Waals surface area contributed by atoms with Crippen molar-refractivity contribution in [3.05, 3.63) is 71.5 Å². The highest BCUT2D eigenvalue weighted by molar-refractivity contribution is 5.84. The second-order valence-electron chi connectivity index (χ2n) is 7.12. The third kappa shape index (κ3) is 6.57. The van der Waals surface area contributed by atoms with Crippen LogP contribution in [0.3, 0.4) is 0 Å². The van der Waals surface area contributed by atoms with Gasteiger partial charge in [-0.25, -0.2) is 0 Å². The Morgan fingerprint density at radius 3 is 2.33 bits per heavy atom. The summed E-state index contributed by atoms with van der Waals surface area (Å²) in [6.07, 6.45) is 8.08. The van der Waals surface area contributed by atoms with E-state index in [1.54, 1.807) is 0 Å². The molecule has 0 aromatic heterocycles. The van der Waals surface area contributed by atoms with Crippen molar-refractivity contribution in [1.82, 2.24) is 5.43 Å². The van der Waals surface area contributed by atoms with Crippen molar-refractivity contribution in [2.75, 3.05) is 0 Å². The molecule has 24 heavy (non-hydrogen) atoms. The first kappa shape index (κ1) is 20.0. The fourth-order valence-electron chi connectivity index (χ4n) is 2.30. The van der Waals surface area contributed by atoms with Crippen LogP contribution in [0.5, 0.6) is 0 Å². The van der Waals surface area contributed by atoms with Gasteiger partial charge in [0, 0.05) is 12.1 Å².